The number of nitrogens with zero attached hydrogens (tertiary/aromatic N) is 2. The van der Waals surface area contributed by atoms with Gasteiger partial charge in [-0.3, -0.25) is 0 Å². The van der Waals surface area contributed by atoms with Gasteiger partial charge in [0.15, 0.2) is 0 Å². The number of carboxylic acids is 1. The van der Waals surface area contributed by atoms with E-state index in [1.165, 1.54) is 4.90 Å². The minimum atomic E-state index is -1.20. The molecule has 0 spiro atoms. The topological polar surface area (TPSA) is 70.1 Å². The van der Waals surface area contributed by atoms with Crippen molar-refractivity contribution in [3.63, 3.8) is 0 Å². The Morgan fingerprint density at radius 2 is 1.95 bits per heavy atom. The highest BCUT2D eigenvalue weighted by Gasteiger charge is 2.42. The number of urea groups is 1. The summed E-state index contributed by atoms with van der Waals surface area (Å²) in [7, 11) is 1.59. The van der Waals surface area contributed by atoms with Crippen LogP contribution in [-0.2, 0) is 9.53 Å². The van der Waals surface area contributed by atoms with Gasteiger partial charge in [-0.25, -0.2) is 9.59 Å². The number of amides is 2. The van der Waals surface area contributed by atoms with E-state index in [1.807, 2.05) is 0 Å². The van der Waals surface area contributed by atoms with E-state index < -0.39 is 11.5 Å². The molecule has 1 aliphatic rings. The fourth-order valence-electron chi connectivity index (χ4n) is 2.05. The SMILES string of the molecule is CCN(C(=O)N(CCOC)C1CC1)C(C)(C)C(=O)O. The Kier molecular flexibility index (Phi) is 5.17. The summed E-state index contributed by atoms with van der Waals surface area (Å²) in [5.41, 5.74) is -1.20. The zero-order valence-corrected chi connectivity index (χ0v) is 12.2. The van der Waals surface area contributed by atoms with E-state index in [-0.39, 0.29) is 12.1 Å². The summed E-state index contributed by atoms with van der Waals surface area (Å²) in [5, 5.41) is 9.27. The quantitative estimate of drug-likeness (QED) is 0.760. The number of likely N-dealkylation sites (N-methyl/N-ethyl adjacent to an activating group) is 1. The Balaban J connectivity index is 2.83. The highest BCUT2D eigenvalue weighted by Crippen LogP contribution is 2.29. The van der Waals surface area contributed by atoms with Gasteiger partial charge in [-0.2, -0.15) is 0 Å². The standard InChI is InChI=1S/C13H24N2O4/c1-5-15(13(2,3)11(16)17)12(18)14(8-9-19-4)10-6-7-10/h10H,5-9H2,1-4H3,(H,16,17). The minimum absolute atomic E-state index is 0.213. The third-order valence-corrected chi connectivity index (χ3v) is 3.51. The number of methoxy groups -OCH3 is 1. The predicted molar refractivity (Wildman–Crippen MR) is 71.1 cm³/mol. The lowest BCUT2D eigenvalue weighted by molar-refractivity contribution is -0.147. The van der Waals surface area contributed by atoms with Crippen LogP contribution in [0.15, 0.2) is 0 Å². The van der Waals surface area contributed by atoms with Crippen molar-refractivity contribution in [1.29, 1.82) is 0 Å². The van der Waals surface area contributed by atoms with E-state index >= 15 is 0 Å². The predicted octanol–water partition coefficient (Wildman–Crippen LogP) is 1.40. The number of carboxylic acid groups (broad SMARTS) is 1. The summed E-state index contributed by atoms with van der Waals surface area (Å²) >= 11 is 0. The molecule has 110 valence electrons. The summed E-state index contributed by atoms with van der Waals surface area (Å²) in [5.74, 6) is -0.995. The lowest BCUT2D eigenvalue weighted by atomic mass is 10.0. The Hall–Kier alpha value is -1.30. The number of hydrogen-bond donors (Lipinski definition) is 1. The monoisotopic (exact) mass is 272 g/mol. The molecule has 0 aromatic rings. The molecule has 0 aliphatic heterocycles. The maximum Gasteiger partial charge on any atom is 0.329 e. The van der Waals surface area contributed by atoms with Crippen molar-refractivity contribution in [3.8, 4) is 0 Å². The largest absolute Gasteiger partial charge is 0.480 e. The average molecular weight is 272 g/mol. The Morgan fingerprint density at radius 3 is 2.32 bits per heavy atom. The van der Waals surface area contributed by atoms with Gasteiger partial charge < -0.3 is 19.6 Å². The molecule has 0 radical (unpaired) electrons. The molecular formula is C13H24N2O4. The number of carbonyl (C=O) groups is 2. The summed E-state index contributed by atoms with van der Waals surface area (Å²) < 4.78 is 5.02. The molecule has 1 N–H and O–H groups in total. The molecule has 0 aromatic heterocycles. The molecule has 0 aromatic carbocycles. The van der Waals surface area contributed by atoms with E-state index in [2.05, 4.69) is 0 Å². The molecule has 1 rings (SSSR count). The van der Waals surface area contributed by atoms with E-state index in [0.29, 0.717) is 19.7 Å². The van der Waals surface area contributed by atoms with Crippen molar-refractivity contribution in [2.75, 3.05) is 26.8 Å². The molecule has 0 saturated heterocycles. The smallest absolute Gasteiger partial charge is 0.329 e. The number of ether oxygens (including phenoxy) is 1. The summed E-state index contributed by atoms with van der Waals surface area (Å²) in [6.45, 7) is 6.24. The van der Waals surface area contributed by atoms with Gasteiger partial charge in [0.25, 0.3) is 0 Å². The maximum absolute atomic E-state index is 12.5. The van der Waals surface area contributed by atoms with E-state index in [9.17, 15) is 14.7 Å². The molecule has 1 aliphatic carbocycles. The third-order valence-electron chi connectivity index (χ3n) is 3.51. The third kappa shape index (κ3) is 3.59. The van der Waals surface area contributed by atoms with Crippen LogP contribution < -0.4 is 0 Å². The van der Waals surface area contributed by atoms with E-state index in [4.69, 9.17) is 4.74 Å². The van der Waals surface area contributed by atoms with Crippen molar-refractivity contribution in [2.24, 2.45) is 0 Å². The van der Waals surface area contributed by atoms with Crippen LogP contribution in [0, 0.1) is 0 Å². The van der Waals surface area contributed by atoms with Crippen LogP contribution in [0.3, 0.4) is 0 Å². The molecule has 0 heterocycles. The highest BCUT2D eigenvalue weighted by atomic mass is 16.5. The number of rotatable bonds is 7. The molecule has 0 atom stereocenters. The Bertz CT molecular complexity index is 340. The number of carbonyl (C=O) groups excluding carboxylic acids is 1. The van der Waals surface area contributed by atoms with Crippen LogP contribution in [0.25, 0.3) is 0 Å². The van der Waals surface area contributed by atoms with Crippen LogP contribution in [-0.4, -0.2) is 65.3 Å². The van der Waals surface area contributed by atoms with Gasteiger partial charge in [-0.1, -0.05) is 0 Å². The lowest BCUT2D eigenvalue weighted by Gasteiger charge is -2.38. The average Bonchev–Trinajstić information content (AvgIpc) is 3.14. The molecule has 19 heavy (non-hydrogen) atoms. The van der Waals surface area contributed by atoms with Gasteiger partial charge in [0.05, 0.1) is 6.61 Å². The van der Waals surface area contributed by atoms with Gasteiger partial charge in [-0.05, 0) is 33.6 Å². The molecule has 0 unspecified atom stereocenters. The summed E-state index contributed by atoms with van der Waals surface area (Å²) in [4.78, 5) is 27.0. The zero-order valence-electron chi connectivity index (χ0n) is 12.2. The first-order valence-electron chi connectivity index (χ1n) is 6.66. The second-order valence-corrected chi connectivity index (χ2v) is 5.31. The van der Waals surface area contributed by atoms with Crippen molar-refractivity contribution in [3.05, 3.63) is 0 Å². The molecular weight excluding hydrogens is 248 g/mol. The number of aliphatic carboxylic acids is 1. The first-order chi connectivity index (χ1) is 8.86. The fraction of sp³-hybridized carbons (Fsp3) is 0.846. The van der Waals surface area contributed by atoms with Crippen LogP contribution in [0.1, 0.15) is 33.6 Å². The van der Waals surface area contributed by atoms with E-state index in [0.717, 1.165) is 12.8 Å². The second kappa shape index (κ2) is 6.23. The first-order valence-corrected chi connectivity index (χ1v) is 6.66. The van der Waals surface area contributed by atoms with Crippen LogP contribution >= 0.6 is 0 Å². The maximum atomic E-state index is 12.5. The van der Waals surface area contributed by atoms with Crippen LogP contribution in [0.5, 0.6) is 0 Å². The van der Waals surface area contributed by atoms with Crippen molar-refractivity contribution < 1.29 is 19.4 Å². The Labute approximate surface area is 114 Å². The van der Waals surface area contributed by atoms with Crippen LogP contribution in [0.4, 0.5) is 4.79 Å². The fourth-order valence-corrected chi connectivity index (χ4v) is 2.05. The molecule has 1 fully saturated rings. The summed E-state index contributed by atoms with van der Waals surface area (Å²) in [6, 6.07) is 0.0238. The lowest BCUT2D eigenvalue weighted by Crippen LogP contribution is -2.57. The van der Waals surface area contributed by atoms with Gasteiger partial charge in [0.1, 0.15) is 5.54 Å². The van der Waals surface area contributed by atoms with Gasteiger partial charge >= 0.3 is 12.0 Å². The minimum Gasteiger partial charge on any atom is -0.480 e. The van der Waals surface area contributed by atoms with Crippen molar-refractivity contribution >= 4 is 12.0 Å². The zero-order chi connectivity index (χ0) is 14.6. The molecule has 0 bridgehead atoms. The van der Waals surface area contributed by atoms with Gasteiger partial charge in [-0.15, -0.1) is 0 Å². The molecule has 6 nitrogen and oxygen atoms in total. The van der Waals surface area contributed by atoms with E-state index in [1.54, 1.807) is 32.8 Å². The Morgan fingerprint density at radius 1 is 1.37 bits per heavy atom. The first kappa shape index (κ1) is 15.8. The normalized spacial score (nSPS) is 15.2. The van der Waals surface area contributed by atoms with Gasteiger partial charge in [0, 0.05) is 26.2 Å². The number of hydrogen-bond acceptors (Lipinski definition) is 3. The molecule has 1 saturated carbocycles. The van der Waals surface area contributed by atoms with Crippen molar-refractivity contribution in [1.82, 2.24) is 9.80 Å². The molecule has 2 amide bonds. The van der Waals surface area contributed by atoms with Gasteiger partial charge in [0.2, 0.25) is 0 Å². The molecule has 6 heteroatoms. The van der Waals surface area contributed by atoms with Crippen molar-refractivity contribution in [2.45, 2.75) is 45.2 Å². The van der Waals surface area contributed by atoms with Crippen LogP contribution in [0.2, 0.25) is 0 Å². The second-order valence-electron chi connectivity index (χ2n) is 5.31. The highest BCUT2D eigenvalue weighted by molar-refractivity contribution is 5.85. The summed E-state index contributed by atoms with van der Waals surface area (Å²) in [6.07, 6.45) is 1.97.